The SMILES string of the molecule is C=CCCNC(=O)C(C)S(C)(=O)=O. The summed E-state index contributed by atoms with van der Waals surface area (Å²) < 4.78 is 21.8. The molecule has 76 valence electrons. The van der Waals surface area contributed by atoms with E-state index < -0.39 is 21.0 Å². The largest absolute Gasteiger partial charge is 0.355 e. The lowest BCUT2D eigenvalue weighted by Gasteiger charge is -2.08. The summed E-state index contributed by atoms with van der Waals surface area (Å²) in [4.78, 5) is 11.1. The third kappa shape index (κ3) is 4.67. The number of amides is 1. The minimum absolute atomic E-state index is 0.433. The minimum Gasteiger partial charge on any atom is -0.355 e. The van der Waals surface area contributed by atoms with E-state index in [1.807, 2.05) is 0 Å². The van der Waals surface area contributed by atoms with Gasteiger partial charge in [0.25, 0.3) is 0 Å². The van der Waals surface area contributed by atoms with Crippen molar-refractivity contribution >= 4 is 15.7 Å². The van der Waals surface area contributed by atoms with Crippen LogP contribution in [0.15, 0.2) is 12.7 Å². The number of nitrogens with one attached hydrogen (secondary N) is 1. The van der Waals surface area contributed by atoms with Gasteiger partial charge >= 0.3 is 0 Å². The second kappa shape index (κ2) is 5.01. The molecule has 13 heavy (non-hydrogen) atoms. The zero-order valence-electron chi connectivity index (χ0n) is 7.91. The van der Waals surface area contributed by atoms with E-state index in [-0.39, 0.29) is 0 Å². The van der Waals surface area contributed by atoms with E-state index >= 15 is 0 Å². The first-order valence-corrected chi connectivity index (χ1v) is 5.92. The molecule has 1 atom stereocenters. The number of carbonyl (C=O) groups is 1. The molecule has 0 rings (SSSR count). The Labute approximate surface area is 78.9 Å². The quantitative estimate of drug-likeness (QED) is 0.512. The van der Waals surface area contributed by atoms with Gasteiger partial charge in [0.05, 0.1) is 0 Å². The van der Waals surface area contributed by atoms with Crippen LogP contribution in [0.1, 0.15) is 13.3 Å². The zero-order valence-corrected chi connectivity index (χ0v) is 8.73. The number of rotatable bonds is 5. The Bertz CT molecular complexity index is 282. The Morgan fingerprint density at radius 1 is 1.62 bits per heavy atom. The normalized spacial score (nSPS) is 13.4. The van der Waals surface area contributed by atoms with Crippen LogP contribution in [0.3, 0.4) is 0 Å². The van der Waals surface area contributed by atoms with Gasteiger partial charge in [0, 0.05) is 12.8 Å². The fraction of sp³-hybridized carbons (Fsp3) is 0.625. The lowest BCUT2D eigenvalue weighted by Crippen LogP contribution is -2.37. The summed E-state index contributed by atoms with van der Waals surface area (Å²) >= 11 is 0. The molecule has 0 radical (unpaired) electrons. The van der Waals surface area contributed by atoms with Crippen LogP contribution < -0.4 is 5.32 Å². The summed E-state index contributed by atoms with van der Waals surface area (Å²) in [6.45, 7) is 5.29. The number of hydrogen-bond donors (Lipinski definition) is 1. The lowest BCUT2D eigenvalue weighted by molar-refractivity contribution is -0.120. The lowest BCUT2D eigenvalue weighted by atomic mass is 10.4. The van der Waals surface area contributed by atoms with Gasteiger partial charge in [0.2, 0.25) is 5.91 Å². The van der Waals surface area contributed by atoms with Crippen LogP contribution >= 0.6 is 0 Å². The van der Waals surface area contributed by atoms with Crippen molar-refractivity contribution in [3.05, 3.63) is 12.7 Å². The van der Waals surface area contributed by atoms with Crippen molar-refractivity contribution in [2.45, 2.75) is 18.6 Å². The zero-order chi connectivity index (χ0) is 10.5. The van der Waals surface area contributed by atoms with Crippen molar-refractivity contribution in [2.75, 3.05) is 12.8 Å². The highest BCUT2D eigenvalue weighted by molar-refractivity contribution is 7.92. The van der Waals surface area contributed by atoms with Gasteiger partial charge in [-0.15, -0.1) is 6.58 Å². The van der Waals surface area contributed by atoms with Crippen LogP contribution in [0.2, 0.25) is 0 Å². The highest BCUT2D eigenvalue weighted by Crippen LogP contribution is 1.97. The fourth-order valence-electron chi connectivity index (χ4n) is 0.636. The molecule has 0 spiro atoms. The molecule has 0 heterocycles. The number of carbonyl (C=O) groups excluding carboxylic acids is 1. The topological polar surface area (TPSA) is 63.2 Å². The Hall–Kier alpha value is -0.840. The molecule has 0 aromatic rings. The van der Waals surface area contributed by atoms with Gasteiger partial charge in [-0.05, 0) is 13.3 Å². The van der Waals surface area contributed by atoms with Gasteiger partial charge in [-0.3, -0.25) is 4.79 Å². The van der Waals surface area contributed by atoms with Crippen LogP contribution in [-0.2, 0) is 14.6 Å². The monoisotopic (exact) mass is 205 g/mol. The van der Waals surface area contributed by atoms with Crippen molar-refractivity contribution in [3.8, 4) is 0 Å². The van der Waals surface area contributed by atoms with E-state index in [9.17, 15) is 13.2 Å². The van der Waals surface area contributed by atoms with Crippen LogP contribution in [0.25, 0.3) is 0 Å². The molecule has 4 nitrogen and oxygen atoms in total. The van der Waals surface area contributed by atoms with Gasteiger partial charge in [0.1, 0.15) is 5.25 Å². The summed E-state index contributed by atoms with van der Waals surface area (Å²) in [5.74, 6) is -0.454. The highest BCUT2D eigenvalue weighted by Gasteiger charge is 2.22. The molecule has 1 amide bonds. The minimum atomic E-state index is -3.28. The molecule has 1 N–H and O–H groups in total. The van der Waals surface area contributed by atoms with Crippen LogP contribution in [0.4, 0.5) is 0 Å². The average molecular weight is 205 g/mol. The molecule has 1 unspecified atom stereocenters. The molecule has 0 aromatic carbocycles. The molecule has 0 aliphatic heterocycles. The Kier molecular flexibility index (Phi) is 4.69. The molecule has 0 aliphatic rings. The maximum absolute atomic E-state index is 11.1. The van der Waals surface area contributed by atoms with Crippen LogP contribution in [-0.4, -0.2) is 32.4 Å². The second-order valence-electron chi connectivity index (χ2n) is 2.84. The van der Waals surface area contributed by atoms with E-state index in [1.54, 1.807) is 6.08 Å². The smallest absolute Gasteiger partial charge is 0.238 e. The van der Waals surface area contributed by atoms with Gasteiger partial charge in [-0.25, -0.2) is 8.42 Å². The van der Waals surface area contributed by atoms with Gasteiger partial charge in [-0.1, -0.05) is 6.08 Å². The van der Waals surface area contributed by atoms with E-state index in [0.717, 1.165) is 6.26 Å². The van der Waals surface area contributed by atoms with E-state index in [0.29, 0.717) is 13.0 Å². The summed E-state index contributed by atoms with van der Waals surface area (Å²) in [5, 5.41) is 1.53. The standard InChI is InChI=1S/C8H15NO3S/c1-4-5-6-9-8(10)7(2)13(3,11)12/h4,7H,1,5-6H2,2-3H3,(H,9,10). The Morgan fingerprint density at radius 3 is 2.54 bits per heavy atom. The maximum atomic E-state index is 11.1. The van der Waals surface area contributed by atoms with Crippen molar-refractivity contribution in [2.24, 2.45) is 0 Å². The fourth-order valence-corrected chi connectivity index (χ4v) is 1.11. The first-order chi connectivity index (χ1) is 5.89. The van der Waals surface area contributed by atoms with Crippen LogP contribution in [0, 0.1) is 0 Å². The predicted molar refractivity (Wildman–Crippen MR) is 52.1 cm³/mol. The predicted octanol–water partition coefficient (Wildman–Crippen LogP) is 0.112. The maximum Gasteiger partial charge on any atom is 0.238 e. The van der Waals surface area contributed by atoms with E-state index in [2.05, 4.69) is 11.9 Å². The Balaban J connectivity index is 4.05. The Morgan fingerprint density at radius 2 is 2.15 bits per heavy atom. The first kappa shape index (κ1) is 12.2. The molecular weight excluding hydrogens is 190 g/mol. The van der Waals surface area contributed by atoms with Crippen molar-refractivity contribution in [3.63, 3.8) is 0 Å². The molecule has 5 heteroatoms. The molecule has 0 saturated heterocycles. The van der Waals surface area contributed by atoms with Crippen molar-refractivity contribution in [1.29, 1.82) is 0 Å². The summed E-state index contributed by atoms with van der Waals surface area (Å²) in [6.07, 6.45) is 3.35. The highest BCUT2D eigenvalue weighted by atomic mass is 32.2. The van der Waals surface area contributed by atoms with Gasteiger partial charge in [-0.2, -0.15) is 0 Å². The molecule has 0 aromatic heterocycles. The number of sulfone groups is 1. The first-order valence-electron chi connectivity index (χ1n) is 3.97. The second-order valence-corrected chi connectivity index (χ2v) is 5.21. The van der Waals surface area contributed by atoms with Gasteiger partial charge in [0.15, 0.2) is 9.84 Å². The molecule has 0 saturated carbocycles. The van der Waals surface area contributed by atoms with Crippen LogP contribution in [0.5, 0.6) is 0 Å². The molecular formula is C8H15NO3S. The number of hydrogen-bond acceptors (Lipinski definition) is 3. The van der Waals surface area contributed by atoms with E-state index in [4.69, 9.17) is 0 Å². The molecule has 0 aliphatic carbocycles. The van der Waals surface area contributed by atoms with Crippen molar-refractivity contribution in [1.82, 2.24) is 5.32 Å². The van der Waals surface area contributed by atoms with Crippen molar-refractivity contribution < 1.29 is 13.2 Å². The molecule has 0 bridgehead atoms. The summed E-state index contributed by atoms with van der Waals surface area (Å²) in [6, 6.07) is 0. The summed E-state index contributed by atoms with van der Waals surface area (Å²) in [7, 11) is -3.28. The van der Waals surface area contributed by atoms with Gasteiger partial charge < -0.3 is 5.32 Å². The average Bonchev–Trinajstić information content (AvgIpc) is 2.01. The third-order valence-electron chi connectivity index (χ3n) is 1.66. The summed E-state index contributed by atoms with van der Waals surface area (Å²) in [5.41, 5.74) is 0. The third-order valence-corrected chi connectivity index (χ3v) is 3.16. The molecule has 0 fully saturated rings. The van der Waals surface area contributed by atoms with E-state index in [1.165, 1.54) is 6.92 Å².